The quantitative estimate of drug-likeness (QED) is 0.817. The van der Waals surface area contributed by atoms with Gasteiger partial charge in [0.2, 0.25) is 0 Å². The Labute approximate surface area is 125 Å². The average molecular weight is 318 g/mol. The number of anilines is 1. The Balaban J connectivity index is 1.96. The van der Waals surface area contributed by atoms with Crippen molar-refractivity contribution in [2.75, 3.05) is 5.32 Å². The second kappa shape index (κ2) is 6.77. The minimum Gasteiger partial charge on any atom is -0.435 e. The molecule has 0 spiro atoms. The molecule has 0 bridgehead atoms. The monoisotopic (exact) mass is 317 g/mol. The molecule has 2 aromatic carbocycles. The molecular formula is C14H11Cl2F2NO. The maximum Gasteiger partial charge on any atom is 0.387 e. The van der Waals surface area contributed by atoms with Gasteiger partial charge >= 0.3 is 6.61 Å². The highest BCUT2D eigenvalue weighted by Crippen LogP contribution is 2.26. The lowest BCUT2D eigenvalue weighted by atomic mass is 10.2. The SMILES string of the molecule is FC(F)Oc1ccc(CNc2ccc(Cl)cc2Cl)cc1. The van der Waals surface area contributed by atoms with Crippen molar-refractivity contribution in [3.63, 3.8) is 0 Å². The lowest BCUT2D eigenvalue weighted by molar-refractivity contribution is -0.0498. The molecule has 0 aromatic heterocycles. The molecule has 0 aliphatic rings. The summed E-state index contributed by atoms with van der Waals surface area (Å²) in [5.41, 5.74) is 1.67. The Hall–Kier alpha value is -1.52. The van der Waals surface area contributed by atoms with E-state index in [4.69, 9.17) is 23.2 Å². The van der Waals surface area contributed by atoms with Crippen LogP contribution < -0.4 is 10.1 Å². The predicted molar refractivity (Wildman–Crippen MR) is 76.9 cm³/mol. The molecule has 2 nitrogen and oxygen atoms in total. The molecule has 0 radical (unpaired) electrons. The van der Waals surface area contributed by atoms with Crippen molar-refractivity contribution in [2.24, 2.45) is 0 Å². The van der Waals surface area contributed by atoms with Gasteiger partial charge in [0.15, 0.2) is 0 Å². The fourth-order valence-electron chi connectivity index (χ4n) is 1.62. The molecule has 0 aliphatic heterocycles. The summed E-state index contributed by atoms with van der Waals surface area (Å²) in [5.74, 6) is 0.133. The van der Waals surface area contributed by atoms with E-state index in [2.05, 4.69) is 10.1 Å². The summed E-state index contributed by atoms with van der Waals surface area (Å²) in [7, 11) is 0. The molecule has 0 amide bonds. The van der Waals surface area contributed by atoms with Crippen molar-refractivity contribution in [1.82, 2.24) is 0 Å². The molecule has 106 valence electrons. The summed E-state index contributed by atoms with van der Waals surface area (Å²) in [6.45, 7) is -2.30. The smallest absolute Gasteiger partial charge is 0.387 e. The molecule has 0 saturated carbocycles. The number of nitrogens with one attached hydrogen (secondary N) is 1. The fourth-order valence-corrected chi connectivity index (χ4v) is 2.09. The topological polar surface area (TPSA) is 21.3 Å². The van der Waals surface area contributed by atoms with E-state index in [0.717, 1.165) is 11.3 Å². The van der Waals surface area contributed by atoms with Crippen LogP contribution in [0.25, 0.3) is 0 Å². The number of hydrogen-bond acceptors (Lipinski definition) is 2. The van der Waals surface area contributed by atoms with Crippen molar-refractivity contribution in [3.05, 3.63) is 58.1 Å². The molecule has 0 heterocycles. The number of hydrogen-bond donors (Lipinski definition) is 1. The van der Waals surface area contributed by atoms with Crippen LogP contribution in [-0.2, 0) is 6.54 Å². The minimum absolute atomic E-state index is 0.133. The van der Waals surface area contributed by atoms with E-state index in [1.165, 1.54) is 12.1 Å². The van der Waals surface area contributed by atoms with Crippen LogP contribution >= 0.6 is 23.2 Å². The van der Waals surface area contributed by atoms with E-state index in [1.54, 1.807) is 30.3 Å². The van der Waals surface area contributed by atoms with Crippen molar-refractivity contribution in [1.29, 1.82) is 0 Å². The predicted octanol–water partition coefficient (Wildman–Crippen LogP) is 5.21. The van der Waals surface area contributed by atoms with E-state index in [1.807, 2.05) is 0 Å². The summed E-state index contributed by atoms with van der Waals surface area (Å²) < 4.78 is 28.3. The minimum atomic E-state index is -2.81. The third-order valence-electron chi connectivity index (χ3n) is 2.56. The van der Waals surface area contributed by atoms with Crippen molar-refractivity contribution < 1.29 is 13.5 Å². The summed E-state index contributed by atoms with van der Waals surface area (Å²) >= 11 is 11.8. The van der Waals surface area contributed by atoms with E-state index < -0.39 is 6.61 Å². The highest BCUT2D eigenvalue weighted by atomic mass is 35.5. The van der Waals surface area contributed by atoms with Crippen LogP contribution in [0.1, 0.15) is 5.56 Å². The molecule has 0 saturated heterocycles. The lowest BCUT2D eigenvalue weighted by Gasteiger charge is -2.09. The lowest BCUT2D eigenvalue weighted by Crippen LogP contribution is -2.03. The normalized spacial score (nSPS) is 10.7. The summed E-state index contributed by atoms with van der Waals surface area (Å²) in [6.07, 6.45) is 0. The van der Waals surface area contributed by atoms with Crippen LogP contribution in [0.15, 0.2) is 42.5 Å². The van der Waals surface area contributed by atoms with Gasteiger partial charge < -0.3 is 10.1 Å². The highest BCUT2D eigenvalue weighted by molar-refractivity contribution is 6.36. The highest BCUT2D eigenvalue weighted by Gasteiger charge is 2.04. The van der Waals surface area contributed by atoms with Gasteiger partial charge in [-0.1, -0.05) is 35.3 Å². The molecule has 0 unspecified atom stereocenters. The van der Waals surface area contributed by atoms with E-state index in [9.17, 15) is 8.78 Å². The summed E-state index contributed by atoms with van der Waals surface area (Å²) in [6, 6.07) is 11.5. The van der Waals surface area contributed by atoms with Gasteiger partial charge in [0, 0.05) is 11.6 Å². The Morgan fingerprint density at radius 3 is 2.35 bits per heavy atom. The Kier molecular flexibility index (Phi) is 5.04. The van der Waals surface area contributed by atoms with E-state index >= 15 is 0 Å². The standard InChI is InChI=1S/C14H11Cl2F2NO/c15-10-3-6-13(12(16)7-10)19-8-9-1-4-11(5-2-9)20-14(17)18/h1-7,14,19H,8H2. The summed E-state index contributed by atoms with van der Waals surface area (Å²) in [4.78, 5) is 0. The Morgan fingerprint density at radius 1 is 1.05 bits per heavy atom. The van der Waals surface area contributed by atoms with Crippen LogP contribution in [0.5, 0.6) is 5.75 Å². The molecule has 2 aromatic rings. The molecule has 0 atom stereocenters. The second-order valence-corrected chi connectivity index (χ2v) is 4.84. The van der Waals surface area contributed by atoms with E-state index in [-0.39, 0.29) is 5.75 Å². The first kappa shape index (κ1) is 14.9. The van der Waals surface area contributed by atoms with Crippen LogP contribution in [0.2, 0.25) is 10.0 Å². The zero-order valence-electron chi connectivity index (χ0n) is 10.2. The molecular weight excluding hydrogens is 307 g/mol. The van der Waals surface area contributed by atoms with Gasteiger partial charge in [-0.25, -0.2) is 0 Å². The van der Waals surface area contributed by atoms with Gasteiger partial charge in [0.05, 0.1) is 10.7 Å². The zero-order valence-corrected chi connectivity index (χ0v) is 11.8. The molecule has 20 heavy (non-hydrogen) atoms. The van der Waals surface area contributed by atoms with Crippen molar-refractivity contribution >= 4 is 28.9 Å². The number of alkyl halides is 2. The van der Waals surface area contributed by atoms with Crippen LogP contribution in [0.3, 0.4) is 0 Å². The van der Waals surface area contributed by atoms with Gasteiger partial charge in [-0.3, -0.25) is 0 Å². The van der Waals surface area contributed by atoms with Gasteiger partial charge in [0.1, 0.15) is 5.75 Å². The largest absolute Gasteiger partial charge is 0.435 e. The number of benzene rings is 2. The van der Waals surface area contributed by atoms with Crippen LogP contribution in [-0.4, -0.2) is 6.61 Å². The fraction of sp³-hybridized carbons (Fsp3) is 0.143. The molecule has 1 N–H and O–H groups in total. The number of rotatable bonds is 5. The Bertz CT molecular complexity index is 576. The molecule has 0 aliphatic carbocycles. The van der Waals surface area contributed by atoms with Crippen LogP contribution in [0.4, 0.5) is 14.5 Å². The third-order valence-corrected chi connectivity index (χ3v) is 3.11. The zero-order chi connectivity index (χ0) is 14.5. The van der Waals surface area contributed by atoms with Crippen LogP contribution in [0, 0.1) is 0 Å². The number of halogens is 4. The molecule has 0 fully saturated rings. The third kappa shape index (κ3) is 4.25. The molecule has 2 rings (SSSR count). The average Bonchev–Trinajstić information content (AvgIpc) is 2.39. The van der Waals surface area contributed by atoms with E-state index in [0.29, 0.717) is 16.6 Å². The summed E-state index contributed by atoms with van der Waals surface area (Å²) in [5, 5.41) is 4.22. The van der Waals surface area contributed by atoms with Gasteiger partial charge in [0.25, 0.3) is 0 Å². The van der Waals surface area contributed by atoms with Crippen molar-refractivity contribution in [3.8, 4) is 5.75 Å². The second-order valence-electron chi connectivity index (χ2n) is 4.00. The van der Waals surface area contributed by atoms with Gasteiger partial charge in [-0.2, -0.15) is 8.78 Å². The first-order chi connectivity index (χ1) is 9.54. The van der Waals surface area contributed by atoms with Crippen molar-refractivity contribution in [2.45, 2.75) is 13.2 Å². The maximum absolute atomic E-state index is 12.0. The first-order valence-electron chi connectivity index (χ1n) is 5.77. The first-order valence-corrected chi connectivity index (χ1v) is 6.53. The molecule has 6 heteroatoms. The Morgan fingerprint density at radius 2 is 1.75 bits per heavy atom. The van der Waals surface area contributed by atoms with Gasteiger partial charge in [-0.05, 0) is 35.9 Å². The number of ether oxygens (including phenoxy) is 1. The maximum atomic E-state index is 12.0. The van der Waals surface area contributed by atoms with Gasteiger partial charge in [-0.15, -0.1) is 0 Å².